The van der Waals surface area contributed by atoms with Crippen LogP contribution in [0.25, 0.3) is 87.7 Å². The molecule has 0 aliphatic rings. The van der Waals surface area contributed by atoms with E-state index in [9.17, 15) is 0 Å². The van der Waals surface area contributed by atoms with Crippen molar-refractivity contribution >= 4 is 76.3 Å². The van der Waals surface area contributed by atoms with E-state index >= 15 is 0 Å². The van der Waals surface area contributed by atoms with Crippen LogP contribution in [0.15, 0.2) is 150 Å². The van der Waals surface area contributed by atoms with Gasteiger partial charge < -0.3 is 13.6 Å². The topological polar surface area (TPSA) is 23.0 Å². The molecule has 0 radical (unpaired) electrons. The second-order valence-electron chi connectivity index (χ2n) is 11.4. The Morgan fingerprint density at radius 1 is 0.349 bits per heavy atom. The third-order valence-electron chi connectivity index (χ3n) is 9.07. The molecule has 3 heteroatoms. The molecule has 0 fully saturated rings. The Labute approximate surface area is 246 Å². The highest BCUT2D eigenvalue weighted by atomic mass is 16.3. The monoisotopic (exact) mass is 548 g/mol. The molecule has 3 aromatic heterocycles. The minimum absolute atomic E-state index is 0.916. The minimum atomic E-state index is 0.916. The fourth-order valence-corrected chi connectivity index (χ4v) is 7.23. The van der Waals surface area contributed by atoms with Crippen molar-refractivity contribution in [3.63, 3.8) is 0 Å². The largest absolute Gasteiger partial charge is 0.456 e. The van der Waals surface area contributed by atoms with Gasteiger partial charge in [-0.05, 0) is 71.4 Å². The van der Waals surface area contributed by atoms with Crippen LogP contribution in [0.4, 0.5) is 0 Å². The number of furan rings is 1. The molecule has 0 unspecified atom stereocenters. The SMILES string of the molecule is c1ccc(-n2c3cc4c(cc3c3c5c(ccc32)oc2ccccc25)c2ccccc2n4-c2ccc3ccccc3c2)cc1. The first-order chi connectivity index (χ1) is 21.3. The summed E-state index contributed by atoms with van der Waals surface area (Å²) in [5.41, 5.74) is 8.88. The van der Waals surface area contributed by atoms with Crippen LogP contribution >= 0.6 is 0 Å². The van der Waals surface area contributed by atoms with Crippen LogP contribution in [0.1, 0.15) is 0 Å². The van der Waals surface area contributed by atoms with Crippen molar-refractivity contribution in [2.45, 2.75) is 0 Å². The zero-order chi connectivity index (χ0) is 28.1. The third-order valence-corrected chi connectivity index (χ3v) is 9.07. The van der Waals surface area contributed by atoms with Gasteiger partial charge in [-0.15, -0.1) is 0 Å². The number of fused-ring (bicyclic) bond motifs is 11. The summed E-state index contributed by atoms with van der Waals surface area (Å²) in [5, 5.41) is 9.75. The van der Waals surface area contributed by atoms with Crippen LogP contribution in [-0.4, -0.2) is 9.13 Å². The van der Waals surface area contributed by atoms with E-state index in [2.05, 4.69) is 149 Å². The van der Waals surface area contributed by atoms with Gasteiger partial charge in [0.05, 0.1) is 22.1 Å². The lowest BCUT2D eigenvalue weighted by atomic mass is 10.0. The van der Waals surface area contributed by atoms with Gasteiger partial charge in [-0.2, -0.15) is 0 Å². The summed E-state index contributed by atoms with van der Waals surface area (Å²) in [6.45, 7) is 0. The number of rotatable bonds is 2. The van der Waals surface area contributed by atoms with Crippen molar-refractivity contribution in [1.82, 2.24) is 9.13 Å². The number of hydrogen-bond acceptors (Lipinski definition) is 1. The fraction of sp³-hybridized carbons (Fsp3) is 0. The molecule has 0 bridgehead atoms. The second kappa shape index (κ2) is 8.37. The van der Waals surface area contributed by atoms with Gasteiger partial charge >= 0.3 is 0 Å². The zero-order valence-corrected chi connectivity index (χ0v) is 23.2. The molecule has 10 rings (SSSR count). The molecule has 0 atom stereocenters. The Balaban J connectivity index is 1.42. The average molecular weight is 549 g/mol. The molecule has 43 heavy (non-hydrogen) atoms. The van der Waals surface area contributed by atoms with E-state index in [0.29, 0.717) is 0 Å². The number of aromatic nitrogens is 2. The predicted molar refractivity (Wildman–Crippen MR) is 180 cm³/mol. The summed E-state index contributed by atoms with van der Waals surface area (Å²) in [6, 6.07) is 52.3. The highest BCUT2D eigenvalue weighted by Gasteiger charge is 2.21. The first-order valence-corrected chi connectivity index (χ1v) is 14.7. The van der Waals surface area contributed by atoms with Gasteiger partial charge in [-0.3, -0.25) is 0 Å². The molecular formula is C40H24N2O. The van der Waals surface area contributed by atoms with Crippen molar-refractivity contribution in [1.29, 1.82) is 0 Å². The summed E-state index contributed by atoms with van der Waals surface area (Å²) in [5.74, 6) is 0. The lowest BCUT2D eigenvalue weighted by Crippen LogP contribution is -1.95. The molecule has 0 saturated carbocycles. The summed E-state index contributed by atoms with van der Waals surface area (Å²) < 4.78 is 11.2. The summed E-state index contributed by atoms with van der Waals surface area (Å²) in [6.07, 6.45) is 0. The van der Waals surface area contributed by atoms with Crippen LogP contribution in [0.2, 0.25) is 0 Å². The van der Waals surface area contributed by atoms with Gasteiger partial charge in [0, 0.05) is 43.7 Å². The normalized spacial score (nSPS) is 12.2. The molecule has 0 aliphatic carbocycles. The number of nitrogens with zero attached hydrogens (tertiary/aromatic N) is 2. The van der Waals surface area contributed by atoms with Gasteiger partial charge in [0.25, 0.3) is 0 Å². The van der Waals surface area contributed by atoms with E-state index in [0.717, 1.165) is 27.9 Å². The van der Waals surface area contributed by atoms with Crippen molar-refractivity contribution in [3.8, 4) is 11.4 Å². The molecule has 0 amide bonds. The van der Waals surface area contributed by atoms with Gasteiger partial charge in [0.2, 0.25) is 0 Å². The van der Waals surface area contributed by atoms with Crippen molar-refractivity contribution in [2.75, 3.05) is 0 Å². The van der Waals surface area contributed by atoms with E-state index in [1.54, 1.807) is 0 Å². The highest BCUT2D eigenvalue weighted by molar-refractivity contribution is 6.29. The number of hydrogen-bond donors (Lipinski definition) is 0. The van der Waals surface area contributed by atoms with Crippen LogP contribution in [0.3, 0.4) is 0 Å². The van der Waals surface area contributed by atoms with Crippen molar-refractivity contribution in [3.05, 3.63) is 146 Å². The first kappa shape index (κ1) is 22.8. The van der Waals surface area contributed by atoms with Gasteiger partial charge in [-0.25, -0.2) is 0 Å². The summed E-state index contributed by atoms with van der Waals surface area (Å²) >= 11 is 0. The molecule has 0 N–H and O–H groups in total. The lowest BCUT2D eigenvalue weighted by molar-refractivity contribution is 0.669. The lowest BCUT2D eigenvalue weighted by Gasteiger charge is -2.11. The van der Waals surface area contributed by atoms with Gasteiger partial charge in [0.1, 0.15) is 11.2 Å². The molecule has 0 spiro atoms. The molecule has 10 aromatic rings. The maximum atomic E-state index is 6.37. The second-order valence-corrected chi connectivity index (χ2v) is 11.4. The highest BCUT2D eigenvalue weighted by Crippen LogP contribution is 2.44. The summed E-state index contributed by atoms with van der Waals surface area (Å²) in [4.78, 5) is 0. The van der Waals surface area contributed by atoms with Crippen LogP contribution in [0, 0.1) is 0 Å². The molecule has 200 valence electrons. The molecular weight excluding hydrogens is 524 g/mol. The van der Waals surface area contributed by atoms with Crippen LogP contribution in [0.5, 0.6) is 0 Å². The minimum Gasteiger partial charge on any atom is -0.456 e. The molecule has 0 saturated heterocycles. The van der Waals surface area contributed by atoms with E-state index in [4.69, 9.17) is 4.42 Å². The van der Waals surface area contributed by atoms with Gasteiger partial charge in [-0.1, -0.05) is 84.9 Å². The Hall–Kier alpha value is -5.80. The van der Waals surface area contributed by atoms with Crippen LogP contribution < -0.4 is 0 Å². The van der Waals surface area contributed by atoms with Crippen LogP contribution in [-0.2, 0) is 0 Å². The smallest absolute Gasteiger partial charge is 0.136 e. The maximum absolute atomic E-state index is 6.37. The molecule has 0 aliphatic heterocycles. The average Bonchev–Trinajstić information content (AvgIpc) is 3.71. The molecule has 3 heterocycles. The van der Waals surface area contributed by atoms with E-state index in [1.165, 1.54) is 59.8 Å². The van der Waals surface area contributed by atoms with E-state index < -0.39 is 0 Å². The Bertz CT molecular complexity index is 2720. The fourth-order valence-electron chi connectivity index (χ4n) is 7.23. The standard InChI is InChI=1S/C40H24N2O/c1-2-12-27(13-3-1)41-34-20-21-38-40(30-15-7-9-17-37(30)43-38)39(34)32-23-31-29-14-6-8-16-33(29)42(35(31)24-36(32)41)28-19-18-25-10-4-5-11-26(25)22-28/h1-24H. The Morgan fingerprint density at radius 3 is 1.98 bits per heavy atom. The first-order valence-electron chi connectivity index (χ1n) is 14.7. The van der Waals surface area contributed by atoms with Crippen molar-refractivity contribution in [2.24, 2.45) is 0 Å². The van der Waals surface area contributed by atoms with E-state index in [1.807, 2.05) is 6.07 Å². The quantitative estimate of drug-likeness (QED) is 0.211. The van der Waals surface area contributed by atoms with E-state index in [-0.39, 0.29) is 0 Å². The Morgan fingerprint density at radius 2 is 1.07 bits per heavy atom. The molecule has 3 nitrogen and oxygen atoms in total. The van der Waals surface area contributed by atoms with Gasteiger partial charge in [0.15, 0.2) is 0 Å². The third kappa shape index (κ3) is 3.08. The summed E-state index contributed by atoms with van der Waals surface area (Å²) in [7, 11) is 0. The predicted octanol–water partition coefficient (Wildman–Crippen LogP) is 10.9. The number of para-hydroxylation sites is 3. The maximum Gasteiger partial charge on any atom is 0.136 e. The number of benzene rings is 7. The van der Waals surface area contributed by atoms with Crippen molar-refractivity contribution < 1.29 is 4.42 Å². The zero-order valence-electron chi connectivity index (χ0n) is 23.2. The Kier molecular flexibility index (Phi) is 4.45. The molecule has 7 aromatic carbocycles.